The number of esters is 2. The summed E-state index contributed by atoms with van der Waals surface area (Å²) in [7, 11) is 0. The lowest BCUT2D eigenvalue weighted by Crippen LogP contribution is -2.75. The molecule has 10 unspecified atom stereocenters. The molecular formula is C29H37NO4. The molecule has 4 saturated carbocycles. The van der Waals surface area contributed by atoms with E-state index in [2.05, 4.69) is 32.6 Å². The number of ether oxygens (including phenoxy) is 2. The Labute approximate surface area is 202 Å². The Balaban J connectivity index is 1.10. The molecule has 7 fully saturated rings. The highest BCUT2D eigenvalue weighted by Crippen LogP contribution is 2.79. The molecule has 4 bridgehead atoms. The molecule has 1 spiro atoms. The molecule has 1 aromatic rings. The van der Waals surface area contributed by atoms with Crippen molar-refractivity contribution >= 4 is 11.9 Å². The molecule has 8 rings (SSSR count). The van der Waals surface area contributed by atoms with Crippen LogP contribution in [0.15, 0.2) is 18.2 Å². The van der Waals surface area contributed by atoms with E-state index in [0.717, 1.165) is 37.3 Å². The molecule has 34 heavy (non-hydrogen) atoms. The van der Waals surface area contributed by atoms with Crippen molar-refractivity contribution in [2.24, 2.45) is 40.9 Å². The zero-order chi connectivity index (χ0) is 23.8. The minimum absolute atomic E-state index is 0.301. The molecule has 7 aliphatic rings. The molecule has 4 aliphatic carbocycles. The van der Waals surface area contributed by atoms with Gasteiger partial charge in [0.25, 0.3) is 0 Å². The maximum atomic E-state index is 13.4. The predicted molar refractivity (Wildman–Crippen MR) is 127 cm³/mol. The Morgan fingerprint density at radius 2 is 1.62 bits per heavy atom. The first kappa shape index (κ1) is 21.4. The number of nitrogens with zero attached hydrogens (tertiary/aromatic N) is 1. The number of aryl methyl sites for hydroxylation is 1. The van der Waals surface area contributed by atoms with Gasteiger partial charge in [-0.15, -0.1) is 0 Å². The molecule has 11 atom stereocenters. The Morgan fingerprint density at radius 1 is 0.941 bits per heavy atom. The van der Waals surface area contributed by atoms with Crippen LogP contribution in [0.4, 0.5) is 0 Å². The summed E-state index contributed by atoms with van der Waals surface area (Å²) in [5.41, 5.74) is 1.30. The van der Waals surface area contributed by atoms with Crippen molar-refractivity contribution in [1.82, 2.24) is 4.90 Å². The summed E-state index contributed by atoms with van der Waals surface area (Å²) in [4.78, 5) is 29.0. The minimum atomic E-state index is -0.502. The number of benzene rings is 1. The molecule has 5 nitrogen and oxygen atoms in total. The van der Waals surface area contributed by atoms with Crippen LogP contribution in [-0.2, 0) is 9.47 Å². The maximum Gasteiger partial charge on any atom is 0.339 e. The Morgan fingerprint density at radius 3 is 2.21 bits per heavy atom. The number of carbonyl (C=O) groups is 2. The Bertz CT molecular complexity index is 1100. The molecule has 3 heterocycles. The van der Waals surface area contributed by atoms with Crippen LogP contribution in [0.25, 0.3) is 0 Å². The van der Waals surface area contributed by atoms with Crippen molar-refractivity contribution in [1.29, 1.82) is 0 Å². The predicted octanol–water partition coefficient (Wildman–Crippen LogP) is 5.21. The second-order valence-electron chi connectivity index (χ2n) is 13.1. The first-order valence-corrected chi connectivity index (χ1v) is 13.4. The minimum Gasteiger partial charge on any atom is -0.455 e. The van der Waals surface area contributed by atoms with Crippen LogP contribution in [0.2, 0.25) is 0 Å². The number of hydrogen-bond acceptors (Lipinski definition) is 5. The zero-order valence-electron chi connectivity index (χ0n) is 21.1. The van der Waals surface area contributed by atoms with Gasteiger partial charge in [0.05, 0.1) is 11.1 Å². The molecule has 5 heteroatoms. The number of hydrogen-bond donors (Lipinski definition) is 0. The largest absolute Gasteiger partial charge is 0.455 e. The van der Waals surface area contributed by atoms with Crippen molar-refractivity contribution in [2.75, 3.05) is 6.54 Å². The van der Waals surface area contributed by atoms with Gasteiger partial charge >= 0.3 is 11.9 Å². The van der Waals surface area contributed by atoms with Crippen molar-refractivity contribution in [3.63, 3.8) is 0 Å². The Kier molecular flexibility index (Phi) is 4.07. The van der Waals surface area contributed by atoms with Gasteiger partial charge < -0.3 is 9.47 Å². The number of carbonyl (C=O) groups excluding carboxylic acids is 2. The smallest absolute Gasteiger partial charge is 0.339 e. The highest BCUT2D eigenvalue weighted by molar-refractivity contribution is 5.96. The van der Waals surface area contributed by atoms with Crippen LogP contribution in [0.3, 0.4) is 0 Å². The van der Waals surface area contributed by atoms with Crippen LogP contribution in [0, 0.1) is 47.8 Å². The quantitative estimate of drug-likeness (QED) is 0.574. The van der Waals surface area contributed by atoms with Crippen molar-refractivity contribution < 1.29 is 19.1 Å². The van der Waals surface area contributed by atoms with Gasteiger partial charge in [-0.25, -0.2) is 9.59 Å². The standard InChI is InChI=1S/C29H37NO4/c1-15-6-18(25(31)33-27(4)23-8-16(2)13-29(23)17(3)9-24(27)29)10-19(7-15)26(32)34-28(5)22-12-21-11-20(22)14-30(21)28/h6-7,10,16-17,20-24H,8-9,11-14H2,1-5H3/t16?,17?,20?,21?,22?,23?,24?,27?,28-,29?/m1/s1. The third kappa shape index (κ3) is 2.40. The molecule has 182 valence electrons. The van der Waals surface area contributed by atoms with Gasteiger partial charge in [-0.2, -0.15) is 0 Å². The summed E-state index contributed by atoms with van der Waals surface area (Å²) in [6.07, 6.45) is 5.96. The number of piperidine rings is 2. The molecule has 0 radical (unpaired) electrons. The molecule has 0 N–H and O–H groups in total. The SMILES string of the molecule is Cc1cc(C(=O)OC2(C)C3CC(C)CC34C(C)CC24)cc(C(=O)O[C@]2(C)C3CC4CC3CN42)c1. The van der Waals surface area contributed by atoms with E-state index in [-0.39, 0.29) is 17.5 Å². The first-order chi connectivity index (χ1) is 16.1. The van der Waals surface area contributed by atoms with Gasteiger partial charge in [0.2, 0.25) is 0 Å². The fourth-order valence-corrected chi connectivity index (χ4v) is 10.2. The highest BCUT2D eigenvalue weighted by Gasteiger charge is 2.79. The van der Waals surface area contributed by atoms with E-state index in [9.17, 15) is 9.59 Å². The fraction of sp³-hybridized carbons (Fsp3) is 0.724. The van der Waals surface area contributed by atoms with E-state index in [0.29, 0.717) is 52.2 Å². The molecule has 1 aromatic carbocycles. The summed E-state index contributed by atoms with van der Waals surface area (Å²) in [5, 5.41) is 0. The molecule has 3 aliphatic heterocycles. The monoisotopic (exact) mass is 463 g/mol. The van der Waals surface area contributed by atoms with Crippen molar-refractivity contribution in [3.05, 3.63) is 34.9 Å². The van der Waals surface area contributed by atoms with E-state index in [1.165, 1.54) is 12.8 Å². The normalized spacial score (nSPS) is 51.0. The van der Waals surface area contributed by atoms with Crippen LogP contribution < -0.4 is 0 Å². The highest BCUT2D eigenvalue weighted by atomic mass is 16.6. The average Bonchev–Trinajstić information content (AvgIpc) is 3.56. The molecule has 3 saturated heterocycles. The van der Waals surface area contributed by atoms with Crippen LogP contribution >= 0.6 is 0 Å². The van der Waals surface area contributed by atoms with Gasteiger partial charge in [0.1, 0.15) is 5.60 Å². The third-order valence-electron chi connectivity index (χ3n) is 11.5. The lowest BCUT2D eigenvalue weighted by molar-refractivity contribution is -0.309. The topological polar surface area (TPSA) is 55.8 Å². The van der Waals surface area contributed by atoms with E-state index >= 15 is 0 Å². The first-order valence-electron chi connectivity index (χ1n) is 13.4. The summed E-state index contributed by atoms with van der Waals surface area (Å²) in [6.45, 7) is 11.9. The fourth-order valence-electron chi connectivity index (χ4n) is 10.2. The third-order valence-corrected chi connectivity index (χ3v) is 11.5. The lowest BCUT2D eigenvalue weighted by atomic mass is 9.33. The van der Waals surface area contributed by atoms with E-state index in [4.69, 9.17) is 9.47 Å². The Hall–Kier alpha value is -1.88. The second kappa shape index (κ2) is 6.46. The lowest BCUT2D eigenvalue weighted by Gasteiger charge is -2.74. The summed E-state index contributed by atoms with van der Waals surface area (Å²) >= 11 is 0. The molecule has 0 aromatic heterocycles. The summed E-state index contributed by atoms with van der Waals surface area (Å²) < 4.78 is 12.5. The van der Waals surface area contributed by atoms with E-state index in [1.54, 1.807) is 6.07 Å². The van der Waals surface area contributed by atoms with Gasteiger partial charge in [0.15, 0.2) is 5.72 Å². The van der Waals surface area contributed by atoms with Gasteiger partial charge in [-0.05, 0) is 99.8 Å². The average molecular weight is 464 g/mol. The number of rotatable bonds is 4. The van der Waals surface area contributed by atoms with Crippen LogP contribution in [0.1, 0.15) is 86.1 Å². The van der Waals surface area contributed by atoms with E-state index in [1.807, 2.05) is 19.1 Å². The van der Waals surface area contributed by atoms with Gasteiger partial charge in [-0.3, -0.25) is 4.90 Å². The van der Waals surface area contributed by atoms with Crippen LogP contribution in [0.5, 0.6) is 0 Å². The zero-order valence-corrected chi connectivity index (χ0v) is 21.1. The van der Waals surface area contributed by atoms with Gasteiger partial charge in [0, 0.05) is 30.3 Å². The molecular weight excluding hydrogens is 426 g/mol. The summed E-state index contributed by atoms with van der Waals surface area (Å²) in [6, 6.07) is 5.93. The van der Waals surface area contributed by atoms with Crippen molar-refractivity contribution in [3.8, 4) is 0 Å². The maximum absolute atomic E-state index is 13.4. The van der Waals surface area contributed by atoms with Crippen LogP contribution in [-0.4, -0.2) is 40.8 Å². The van der Waals surface area contributed by atoms with Gasteiger partial charge in [-0.1, -0.05) is 13.8 Å². The second-order valence-corrected chi connectivity index (χ2v) is 13.1. The summed E-state index contributed by atoms with van der Waals surface area (Å²) in [5.74, 6) is 2.83. The van der Waals surface area contributed by atoms with E-state index < -0.39 is 5.72 Å². The molecule has 0 amide bonds. The van der Waals surface area contributed by atoms with Crippen molar-refractivity contribution in [2.45, 2.75) is 84.1 Å².